The van der Waals surface area contributed by atoms with Crippen LogP contribution in [-0.4, -0.2) is 23.7 Å². The van der Waals surface area contributed by atoms with E-state index in [-0.39, 0.29) is 23.3 Å². The molecule has 0 spiro atoms. The lowest BCUT2D eigenvalue weighted by atomic mass is 9.87. The summed E-state index contributed by atoms with van der Waals surface area (Å²) in [7, 11) is 0. The van der Waals surface area contributed by atoms with Crippen LogP contribution in [0.3, 0.4) is 0 Å². The predicted octanol–water partition coefficient (Wildman–Crippen LogP) is 2.34. The number of amides is 1. The molecule has 0 aromatic rings. The van der Waals surface area contributed by atoms with E-state index in [0.717, 1.165) is 12.8 Å². The molecule has 1 amide bonds. The zero-order valence-corrected chi connectivity index (χ0v) is 11.3. The van der Waals surface area contributed by atoms with E-state index < -0.39 is 0 Å². The Balaban J connectivity index is 3.86. The van der Waals surface area contributed by atoms with Gasteiger partial charge in [-0.15, -0.1) is 0 Å². The highest BCUT2D eigenvalue weighted by Crippen LogP contribution is 2.21. The summed E-state index contributed by atoms with van der Waals surface area (Å²) in [6, 6.07) is 0. The number of carbonyl (C=O) groups is 1. The highest BCUT2D eigenvalue weighted by Gasteiger charge is 2.22. The van der Waals surface area contributed by atoms with E-state index >= 15 is 0 Å². The molecule has 0 aromatic heterocycles. The fraction of sp³-hybridized carbons (Fsp3) is 0.923. The summed E-state index contributed by atoms with van der Waals surface area (Å²) in [5.41, 5.74) is -0.111. The summed E-state index contributed by atoms with van der Waals surface area (Å²) in [6.45, 7) is 10.6. The van der Waals surface area contributed by atoms with Crippen LogP contribution in [0.25, 0.3) is 0 Å². The van der Waals surface area contributed by atoms with Gasteiger partial charge in [0.1, 0.15) is 0 Å². The number of rotatable bonds is 6. The van der Waals surface area contributed by atoms with Gasteiger partial charge in [-0.1, -0.05) is 34.6 Å². The number of aliphatic hydroxyl groups is 1. The molecule has 0 aliphatic carbocycles. The summed E-state index contributed by atoms with van der Waals surface area (Å²) in [5, 5.41) is 12.7. The fourth-order valence-electron chi connectivity index (χ4n) is 1.57. The van der Waals surface area contributed by atoms with Crippen molar-refractivity contribution in [3.63, 3.8) is 0 Å². The zero-order chi connectivity index (χ0) is 12.8. The molecule has 0 aliphatic rings. The normalized spacial score (nSPS) is 13.9. The molecular formula is C13H27NO2. The number of hydrogen-bond acceptors (Lipinski definition) is 2. The molecule has 96 valence electrons. The smallest absolute Gasteiger partial charge is 0.223 e. The van der Waals surface area contributed by atoms with Gasteiger partial charge in [0.05, 0.1) is 6.10 Å². The Kier molecular flexibility index (Phi) is 6.65. The van der Waals surface area contributed by atoms with Crippen molar-refractivity contribution in [1.82, 2.24) is 5.32 Å². The second-order valence-corrected chi connectivity index (χ2v) is 5.47. The quantitative estimate of drug-likeness (QED) is 0.734. The lowest BCUT2D eigenvalue weighted by molar-refractivity contribution is -0.125. The summed E-state index contributed by atoms with van der Waals surface area (Å²) >= 11 is 0. The third-order valence-electron chi connectivity index (χ3n) is 3.07. The fourth-order valence-corrected chi connectivity index (χ4v) is 1.57. The van der Waals surface area contributed by atoms with E-state index in [4.69, 9.17) is 0 Å². The standard InChI is InChI=1S/C13H27NO2/c1-6-10(7-2)12(16)14-9-8-11(15)13(3,4)5/h10-11,15H,6-9H2,1-5H3,(H,14,16). The van der Waals surface area contributed by atoms with Crippen molar-refractivity contribution in [3.8, 4) is 0 Å². The number of carbonyl (C=O) groups excluding carboxylic acids is 1. The van der Waals surface area contributed by atoms with E-state index in [1.165, 1.54) is 0 Å². The maximum Gasteiger partial charge on any atom is 0.223 e. The van der Waals surface area contributed by atoms with Gasteiger partial charge in [0.15, 0.2) is 0 Å². The minimum atomic E-state index is -0.366. The van der Waals surface area contributed by atoms with Crippen molar-refractivity contribution >= 4 is 5.91 Å². The molecule has 0 rings (SSSR count). The molecule has 0 saturated carbocycles. The Morgan fingerprint density at radius 3 is 2.12 bits per heavy atom. The highest BCUT2D eigenvalue weighted by molar-refractivity contribution is 5.78. The first-order chi connectivity index (χ1) is 7.32. The first-order valence-corrected chi connectivity index (χ1v) is 6.28. The molecule has 0 saturated heterocycles. The Morgan fingerprint density at radius 1 is 1.25 bits per heavy atom. The van der Waals surface area contributed by atoms with Crippen LogP contribution in [0.1, 0.15) is 53.9 Å². The monoisotopic (exact) mass is 229 g/mol. The van der Waals surface area contributed by atoms with Crippen LogP contribution in [0.2, 0.25) is 0 Å². The highest BCUT2D eigenvalue weighted by atomic mass is 16.3. The lowest BCUT2D eigenvalue weighted by Crippen LogP contribution is -2.35. The van der Waals surface area contributed by atoms with E-state index in [1.54, 1.807) is 0 Å². The van der Waals surface area contributed by atoms with Crippen LogP contribution < -0.4 is 5.32 Å². The summed E-state index contributed by atoms with van der Waals surface area (Å²) in [5.74, 6) is 0.234. The first kappa shape index (κ1) is 15.4. The minimum absolute atomic E-state index is 0.111. The van der Waals surface area contributed by atoms with Crippen LogP contribution >= 0.6 is 0 Å². The minimum Gasteiger partial charge on any atom is -0.393 e. The number of aliphatic hydroxyl groups excluding tert-OH is 1. The van der Waals surface area contributed by atoms with E-state index in [1.807, 2.05) is 34.6 Å². The molecule has 0 aliphatic heterocycles. The predicted molar refractivity (Wildman–Crippen MR) is 67.2 cm³/mol. The molecule has 1 unspecified atom stereocenters. The van der Waals surface area contributed by atoms with E-state index in [2.05, 4.69) is 5.32 Å². The number of nitrogens with one attached hydrogen (secondary N) is 1. The molecular weight excluding hydrogens is 202 g/mol. The average molecular weight is 229 g/mol. The largest absolute Gasteiger partial charge is 0.393 e. The van der Waals surface area contributed by atoms with Gasteiger partial charge in [0, 0.05) is 12.5 Å². The Hall–Kier alpha value is -0.570. The van der Waals surface area contributed by atoms with Crippen LogP contribution in [0, 0.1) is 11.3 Å². The van der Waals surface area contributed by atoms with Crippen molar-refractivity contribution in [2.75, 3.05) is 6.54 Å². The van der Waals surface area contributed by atoms with Gasteiger partial charge in [-0.2, -0.15) is 0 Å². The molecule has 3 heteroatoms. The zero-order valence-electron chi connectivity index (χ0n) is 11.3. The SMILES string of the molecule is CCC(CC)C(=O)NCCC(O)C(C)(C)C. The molecule has 0 heterocycles. The first-order valence-electron chi connectivity index (χ1n) is 6.28. The molecule has 16 heavy (non-hydrogen) atoms. The van der Waals surface area contributed by atoms with Gasteiger partial charge in [0.25, 0.3) is 0 Å². The van der Waals surface area contributed by atoms with Crippen LogP contribution in [0.5, 0.6) is 0 Å². The van der Waals surface area contributed by atoms with Gasteiger partial charge >= 0.3 is 0 Å². The average Bonchev–Trinajstić information content (AvgIpc) is 2.18. The van der Waals surface area contributed by atoms with Crippen LogP contribution in [-0.2, 0) is 4.79 Å². The van der Waals surface area contributed by atoms with Crippen LogP contribution in [0.15, 0.2) is 0 Å². The molecule has 3 nitrogen and oxygen atoms in total. The van der Waals surface area contributed by atoms with Gasteiger partial charge in [-0.25, -0.2) is 0 Å². The van der Waals surface area contributed by atoms with Gasteiger partial charge in [-0.3, -0.25) is 4.79 Å². The molecule has 0 fully saturated rings. The summed E-state index contributed by atoms with van der Waals surface area (Å²) in [4.78, 5) is 11.6. The summed E-state index contributed by atoms with van der Waals surface area (Å²) in [6.07, 6.45) is 2.01. The molecule has 0 bridgehead atoms. The third-order valence-corrected chi connectivity index (χ3v) is 3.07. The van der Waals surface area contributed by atoms with Gasteiger partial charge < -0.3 is 10.4 Å². The maximum atomic E-state index is 11.6. The lowest BCUT2D eigenvalue weighted by Gasteiger charge is -2.26. The second kappa shape index (κ2) is 6.89. The maximum absolute atomic E-state index is 11.6. The Bertz CT molecular complexity index is 204. The van der Waals surface area contributed by atoms with Crippen molar-refractivity contribution in [1.29, 1.82) is 0 Å². The topological polar surface area (TPSA) is 49.3 Å². The Labute approximate surface area is 99.6 Å². The molecule has 2 N–H and O–H groups in total. The van der Waals surface area contributed by atoms with Crippen molar-refractivity contribution in [2.24, 2.45) is 11.3 Å². The molecule has 0 aromatic carbocycles. The van der Waals surface area contributed by atoms with Gasteiger partial charge in [0.2, 0.25) is 5.91 Å². The molecule has 0 radical (unpaired) electrons. The van der Waals surface area contributed by atoms with E-state index in [9.17, 15) is 9.90 Å². The number of hydrogen-bond donors (Lipinski definition) is 2. The Morgan fingerprint density at radius 2 is 1.75 bits per heavy atom. The van der Waals surface area contributed by atoms with Crippen molar-refractivity contribution in [2.45, 2.75) is 60.0 Å². The van der Waals surface area contributed by atoms with Crippen LogP contribution in [0.4, 0.5) is 0 Å². The van der Waals surface area contributed by atoms with E-state index in [0.29, 0.717) is 13.0 Å². The third kappa shape index (κ3) is 5.50. The van der Waals surface area contributed by atoms with Gasteiger partial charge in [-0.05, 0) is 24.7 Å². The molecule has 1 atom stereocenters. The van der Waals surface area contributed by atoms with Crippen molar-refractivity contribution in [3.05, 3.63) is 0 Å². The summed E-state index contributed by atoms with van der Waals surface area (Å²) < 4.78 is 0. The van der Waals surface area contributed by atoms with Crippen molar-refractivity contribution < 1.29 is 9.90 Å². The second-order valence-electron chi connectivity index (χ2n) is 5.47.